The van der Waals surface area contributed by atoms with Gasteiger partial charge < -0.3 is 4.90 Å². The maximum atomic E-state index is 4.32. The fourth-order valence-corrected chi connectivity index (χ4v) is 1.61. The van der Waals surface area contributed by atoms with Crippen LogP contribution in [0.4, 0.5) is 0 Å². The van der Waals surface area contributed by atoms with Crippen LogP contribution in [0.25, 0.3) is 0 Å². The van der Waals surface area contributed by atoms with Crippen molar-refractivity contribution in [2.45, 2.75) is 20.3 Å². The van der Waals surface area contributed by atoms with Gasteiger partial charge in [0.15, 0.2) is 0 Å². The first-order chi connectivity index (χ1) is 6.27. The summed E-state index contributed by atoms with van der Waals surface area (Å²) in [5.74, 6) is 0. The number of hydrogen-bond acceptors (Lipinski definition) is 2. The molecule has 0 saturated heterocycles. The van der Waals surface area contributed by atoms with Gasteiger partial charge in [0.05, 0.1) is 0 Å². The Bertz CT molecular complexity index is 247. The molecule has 0 saturated carbocycles. The summed E-state index contributed by atoms with van der Waals surface area (Å²) < 4.78 is 0. The molecule has 2 heteroatoms. The van der Waals surface area contributed by atoms with E-state index >= 15 is 0 Å². The monoisotopic (exact) mass is 195 g/mol. The lowest BCUT2D eigenvalue weighted by Gasteiger charge is -2.21. The van der Waals surface area contributed by atoms with Crippen LogP contribution in [0.5, 0.6) is 0 Å². The van der Waals surface area contributed by atoms with Crippen LogP contribution < -0.4 is 0 Å². The van der Waals surface area contributed by atoms with Crippen molar-refractivity contribution in [2.24, 2.45) is 0 Å². The van der Waals surface area contributed by atoms with Gasteiger partial charge in [-0.15, -0.1) is 12.6 Å². The zero-order chi connectivity index (χ0) is 9.68. The molecule has 72 valence electrons. The summed E-state index contributed by atoms with van der Waals surface area (Å²) >= 11 is 4.32. The van der Waals surface area contributed by atoms with E-state index in [1.54, 1.807) is 0 Å². The van der Waals surface area contributed by atoms with E-state index in [-0.39, 0.29) is 0 Å². The molecule has 0 radical (unpaired) electrons. The van der Waals surface area contributed by atoms with Crippen LogP contribution in [0.2, 0.25) is 0 Å². The van der Waals surface area contributed by atoms with Crippen molar-refractivity contribution >= 4 is 12.6 Å². The van der Waals surface area contributed by atoms with Crippen LogP contribution in [0.15, 0.2) is 34.9 Å². The number of likely N-dealkylation sites (N-methyl/N-ethyl adjacent to an activating group) is 1. The van der Waals surface area contributed by atoms with Gasteiger partial charge in [0.1, 0.15) is 0 Å². The minimum Gasteiger partial charge on any atom is -0.372 e. The summed E-state index contributed by atoms with van der Waals surface area (Å²) in [5, 5.41) is 0. The Morgan fingerprint density at radius 2 is 1.92 bits per heavy atom. The SMILES string of the molecule is CCN(CC)C1=CCC=C(S)C=C1. The van der Waals surface area contributed by atoms with Crippen molar-refractivity contribution in [3.63, 3.8) is 0 Å². The maximum Gasteiger partial charge on any atom is 0.0328 e. The largest absolute Gasteiger partial charge is 0.372 e. The molecular weight excluding hydrogens is 178 g/mol. The van der Waals surface area contributed by atoms with Crippen LogP contribution in [0.3, 0.4) is 0 Å². The third kappa shape index (κ3) is 2.96. The Kier molecular flexibility index (Phi) is 4.16. The predicted molar refractivity (Wildman–Crippen MR) is 61.8 cm³/mol. The van der Waals surface area contributed by atoms with Gasteiger partial charge in [0.2, 0.25) is 0 Å². The van der Waals surface area contributed by atoms with Gasteiger partial charge in [0, 0.05) is 23.7 Å². The number of rotatable bonds is 3. The van der Waals surface area contributed by atoms with E-state index in [1.807, 2.05) is 0 Å². The standard InChI is InChI=1S/C11H17NS/c1-3-12(4-2)10-6-5-7-11(13)9-8-10/h6-9,13H,3-5H2,1-2H3. The molecule has 0 aromatic rings. The Morgan fingerprint density at radius 1 is 1.23 bits per heavy atom. The lowest BCUT2D eigenvalue weighted by Crippen LogP contribution is -2.20. The topological polar surface area (TPSA) is 3.24 Å². The molecule has 1 nitrogen and oxygen atoms in total. The number of nitrogens with zero attached hydrogens (tertiary/aromatic N) is 1. The highest BCUT2D eigenvalue weighted by Crippen LogP contribution is 2.15. The van der Waals surface area contributed by atoms with E-state index in [1.165, 1.54) is 5.70 Å². The zero-order valence-corrected chi connectivity index (χ0v) is 9.22. The summed E-state index contributed by atoms with van der Waals surface area (Å²) in [6.07, 6.45) is 9.54. The highest BCUT2D eigenvalue weighted by atomic mass is 32.1. The minimum absolute atomic E-state index is 0.984. The smallest absolute Gasteiger partial charge is 0.0328 e. The molecule has 0 amide bonds. The Labute approximate surface area is 86.2 Å². The van der Waals surface area contributed by atoms with E-state index in [0.717, 1.165) is 24.4 Å². The molecule has 0 aliphatic heterocycles. The highest BCUT2D eigenvalue weighted by Gasteiger charge is 2.02. The van der Waals surface area contributed by atoms with Gasteiger partial charge in [-0.3, -0.25) is 0 Å². The fourth-order valence-electron chi connectivity index (χ4n) is 1.43. The summed E-state index contributed by atoms with van der Waals surface area (Å²) in [7, 11) is 0. The fraction of sp³-hybridized carbons (Fsp3) is 0.455. The van der Waals surface area contributed by atoms with Crippen molar-refractivity contribution in [1.29, 1.82) is 0 Å². The van der Waals surface area contributed by atoms with E-state index in [4.69, 9.17) is 0 Å². The Balaban J connectivity index is 2.71. The third-order valence-corrected chi connectivity index (χ3v) is 2.54. The zero-order valence-electron chi connectivity index (χ0n) is 8.33. The van der Waals surface area contributed by atoms with Crippen molar-refractivity contribution in [1.82, 2.24) is 4.90 Å². The average Bonchev–Trinajstić information content (AvgIpc) is 2.34. The molecule has 13 heavy (non-hydrogen) atoms. The van der Waals surface area contributed by atoms with Crippen LogP contribution in [-0.4, -0.2) is 18.0 Å². The first-order valence-electron chi connectivity index (χ1n) is 4.80. The second kappa shape index (κ2) is 5.18. The molecule has 1 rings (SSSR count). The summed E-state index contributed by atoms with van der Waals surface area (Å²) in [5.41, 5.74) is 1.31. The maximum absolute atomic E-state index is 4.32. The molecule has 0 atom stereocenters. The first-order valence-corrected chi connectivity index (χ1v) is 5.25. The van der Waals surface area contributed by atoms with Crippen molar-refractivity contribution in [2.75, 3.05) is 13.1 Å². The highest BCUT2D eigenvalue weighted by molar-refractivity contribution is 7.84. The van der Waals surface area contributed by atoms with Gasteiger partial charge in [-0.05, 0) is 32.4 Å². The summed E-state index contributed by atoms with van der Waals surface area (Å²) in [6.45, 7) is 6.49. The van der Waals surface area contributed by atoms with Gasteiger partial charge >= 0.3 is 0 Å². The van der Waals surface area contributed by atoms with Crippen LogP contribution in [0, 0.1) is 0 Å². The molecular formula is C11H17NS. The van der Waals surface area contributed by atoms with E-state index in [2.05, 4.69) is 55.7 Å². The predicted octanol–water partition coefficient (Wildman–Crippen LogP) is 2.99. The Morgan fingerprint density at radius 3 is 2.54 bits per heavy atom. The van der Waals surface area contributed by atoms with Crippen LogP contribution in [-0.2, 0) is 0 Å². The first kappa shape index (κ1) is 10.5. The third-order valence-electron chi connectivity index (χ3n) is 2.21. The van der Waals surface area contributed by atoms with E-state index < -0.39 is 0 Å². The molecule has 0 aromatic carbocycles. The molecule has 1 aliphatic rings. The van der Waals surface area contributed by atoms with Crippen molar-refractivity contribution in [3.8, 4) is 0 Å². The summed E-state index contributed by atoms with van der Waals surface area (Å²) in [6, 6.07) is 0. The van der Waals surface area contributed by atoms with E-state index in [0.29, 0.717) is 0 Å². The summed E-state index contributed by atoms with van der Waals surface area (Å²) in [4.78, 5) is 3.40. The quantitative estimate of drug-likeness (QED) is 0.678. The Hall–Kier alpha value is -0.630. The normalized spacial score (nSPS) is 16.2. The molecule has 0 N–H and O–H groups in total. The number of thiol groups is 1. The molecule has 0 spiro atoms. The lowest BCUT2D eigenvalue weighted by atomic mass is 10.3. The van der Waals surface area contributed by atoms with Gasteiger partial charge in [-0.2, -0.15) is 0 Å². The van der Waals surface area contributed by atoms with Crippen molar-refractivity contribution < 1.29 is 0 Å². The van der Waals surface area contributed by atoms with Crippen molar-refractivity contribution in [3.05, 3.63) is 34.9 Å². The van der Waals surface area contributed by atoms with Gasteiger partial charge in [0.25, 0.3) is 0 Å². The van der Waals surface area contributed by atoms with E-state index in [9.17, 15) is 0 Å². The number of hydrogen-bond donors (Lipinski definition) is 1. The molecule has 0 aromatic heterocycles. The van der Waals surface area contributed by atoms with Gasteiger partial charge in [-0.1, -0.05) is 12.2 Å². The number of allylic oxidation sites excluding steroid dienone is 4. The minimum atomic E-state index is 0.984. The average molecular weight is 195 g/mol. The lowest BCUT2D eigenvalue weighted by molar-refractivity contribution is 0.393. The second-order valence-corrected chi connectivity index (χ2v) is 3.52. The molecule has 0 heterocycles. The molecule has 0 fully saturated rings. The van der Waals surface area contributed by atoms with Gasteiger partial charge in [-0.25, -0.2) is 0 Å². The molecule has 0 unspecified atom stereocenters. The van der Waals surface area contributed by atoms with Crippen LogP contribution >= 0.6 is 12.6 Å². The molecule has 1 aliphatic carbocycles. The molecule has 0 bridgehead atoms. The second-order valence-electron chi connectivity index (χ2n) is 3.00. The van der Waals surface area contributed by atoms with Crippen LogP contribution in [0.1, 0.15) is 20.3 Å².